The minimum Gasteiger partial charge on any atom is -0.494 e. The number of nitrogens with zero attached hydrogens (tertiary/aromatic N) is 7. The summed E-state index contributed by atoms with van der Waals surface area (Å²) < 4.78 is 7.24. The van der Waals surface area contributed by atoms with Crippen LogP contribution in [0, 0.1) is 12.3 Å². The lowest BCUT2D eigenvalue weighted by molar-refractivity contribution is -0.144. The Bertz CT molecular complexity index is 2680. The minimum absolute atomic E-state index is 0.0162. The Morgan fingerprint density at radius 2 is 1.62 bits per heavy atom. The summed E-state index contributed by atoms with van der Waals surface area (Å²) in [5.74, 6) is -1.60. The van der Waals surface area contributed by atoms with Gasteiger partial charge in [0.15, 0.2) is 23.1 Å². The number of para-hydroxylation sites is 1. The number of aliphatic hydroxyl groups is 1. The van der Waals surface area contributed by atoms with E-state index < -0.39 is 41.3 Å². The molecule has 22 heteroatoms. The second-order valence-corrected chi connectivity index (χ2v) is 19.2. The Labute approximate surface area is 416 Å². The van der Waals surface area contributed by atoms with Crippen molar-refractivity contribution in [2.45, 2.75) is 104 Å². The number of benzene rings is 2. The number of carbonyl (C=O) groups excluding carboxylic acids is 6. The summed E-state index contributed by atoms with van der Waals surface area (Å²) in [6.07, 6.45) is 4.49. The molecule has 5 aromatic rings. The van der Waals surface area contributed by atoms with E-state index in [1.807, 2.05) is 52.0 Å². The highest BCUT2D eigenvalue weighted by molar-refractivity contribution is 7.13. The number of nitrogens with one attached hydrogen (secondary N) is 6. The Balaban J connectivity index is 0.900. The molecule has 3 atom stereocenters. The van der Waals surface area contributed by atoms with E-state index >= 15 is 0 Å². The van der Waals surface area contributed by atoms with E-state index in [0.29, 0.717) is 35.7 Å². The zero-order chi connectivity index (χ0) is 51.2. The highest BCUT2D eigenvalue weighted by atomic mass is 32.1. The smallest absolute Gasteiger partial charge is 0.273 e. The van der Waals surface area contributed by atoms with E-state index in [0.717, 1.165) is 41.0 Å². The number of carbonyl (C=O) groups is 6. The molecule has 0 saturated carbocycles. The van der Waals surface area contributed by atoms with E-state index in [-0.39, 0.29) is 73.8 Å². The predicted molar refractivity (Wildman–Crippen MR) is 267 cm³/mol. The Morgan fingerprint density at radius 3 is 2.27 bits per heavy atom. The van der Waals surface area contributed by atoms with Gasteiger partial charge in [-0.25, -0.2) is 9.97 Å². The highest BCUT2D eigenvalue weighted by Crippen LogP contribution is 2.37. The Morgan fingerprint density at radius 1 is 0.901 bits per heavy atom. The van der Waals surface area contributed by atoms with Gasteiger partial charge in [0.2, 0.25) is 29.5 Å². The fourth-order valence-corrected chi connectivity index (χ4v) is 8.85. The fourth-order valence-electron chi connectivity index (χ4n) is 8.04. The quantitative estimate of drug-likeness (QED) is 0.0474. The van der Waals surface area contributed by atoms with Crippen molar-refractivity contribution in [3.8, 4) is 27.6 Å². The van der Waals surface area contributed by atoms with Crippen molar-refractivity contribution in [3.63, 3.8) is 0 Å². The van der Waals surface area contributed by atoms with Crippen molar-refractivity contribution in [3.05, 3.63) is 77.3 Å². The van der Waals surface area contributed by atoms with Crippen LogP contribution in [0.25, 0.3) is 21.8 Å². The van der Waals surface area contributed by atoms with Crippen LogP contribution in [-0.2, 0) is 37.6 Å². The van der Waals surface area contributed by atoms with Crippen LogP contribution in [0.15, 0.2) is 60.4 Å². The molecule has 1 fully saturated rings. The zero-order valence-electron chi connectivity index (χ0n) is 41.1. The molecule has 1 aliphatic rings. The zero-order valence-corrected chi connectivity index (χ0v) is 41.9. The molecule has 1 aliphatic heterocycles. The van der Waals surface area contributed by atoms with Crippen LogP contribution in [0.1, 0.15) is 93.9 Å². The van der Waals surface area contributed by atoms with Gasteiger partial charge >= 0.3 is 0 Å². The van der Waals surface area contributed by atoms with Crippen molar-refractivity contribution >= 4 is 64.0 Å². The summed E-state index contributed by atoms with van der Waals surface area (Å²) in [4.78, 5) is 89.9. The lowest BCUT2D eigenvalue weighted by Gasteiger charge is -2.35. The number of amides is 6. The van der Waals surface area contributed by atoms with Crippen LogP contribution in [0.2, 0.25) is 0 Å². The molecule has 6 amide bonds. The predicted octanol–water partition coefficient (Wildman–Crippen LogP) is 4.41. The average Bonchev–Trinajstić information content (AvgIpc) is 4.10. The summed E-state index contributed by atoms with van der Waals surface area (Å²) in [6.45, 7) is 7.40. The molecule has 0 bridgehead atoms. The molecule has 0 radical (unpaired) electrons. The molecule has 378 valence electrons. The van der Waals surface area contributed by atoms with Gasteiger partial charge in [-0.05, 0) is 48.4 Å². The number of anilines is 3. The van der Waals surface area contributed by atoms with Crippen LogP contribution < -0.4 is 36.6 Å². The number of aryl methyl sites for hydroxylation is 2. The van der Waals surface area contributed by atoms with Gasteiger partial charge in [-0.1, -0.05) is 70.4 Å². The maximum atomic E-state index is 14.0. The van der Waals surface area contributed by atoms with Crippen molar-refractivity contribution in [2.24, 2.45) is 12.5 Å². The van der Waals surface area contributed by atoms with Crippen LogP contribution in [0.5, 0.6) is 5.75 Å². The maximum Gasteiger partial charge on any atom is 0.273 e. The van der Waals surface area contributed by atoms with Crippen molar-refractivity contribution in [2.75, 3.05) is 37.9 Å². The third kappa shape index (κ3) is 14.4. The number of thiazole rings is 1. The summed E-state index contributed by atoms with van der Waals surface area (Å²) in [7, 11) is 4.69. The van der Waals surface area contributed by atoms with E-state index in [4.69, 9.17) is 4.74 Å². The van der Waals surface area contributed by atoms with Crippen molar-refractivity contribution in [1.82, 2.24) is 56.1 Å². The number of rotatable bonds is 22. The first-order chi connectivity index (χ1) is 33.9. The molecule has 0 spiro atoms. The van der Waals surface area contributed by atoms with E-state index in [1.165, 1.54) is 25.1 Å². The third-order valence-electron chi connectivity index (χ3n) is 11.8. The highest BCUT2D eigenvalue weighted by Gasteiger charge is 2.44. The van der Waals surface area contributed by atoms with E-state index in [9.17, 15) is 33.9 Å². The summed E-state index contributed by atoms with van der Waals surface area (Å²) in [6, 6.07) is 12.8. The molecule has 1 saturated heterocycles. The number of likely N-dealkylation sites (tertiary alicyclic amines) is 1. The number of methoxy groups -OCH3 is 1. The molecule has 0 unspecified atom stereocenters. The largest absolute Gasteiger partial charge is 0.494 e. The molecule has 2 aromatic carbocycles. The topological polar surface area (TPSA) is 277 Å². The standard InChI is InChI=1S/C49H63N13O8S/c1-29-43(71-28-54-29)31-20-18-30(19-21-31)24-52-46(67)36-22-32(63)26-62(36)48(69)44(49(2,3)4)57-39(65)17-12-10-8-9-11-16-38(64)51-25-40(66)56-37-23-35(41(59-58-37)47(68)50-5)55-34-15-13-14-33(42(34)70-7)45-53-27-61(6)60-45/h13-15,18-21,23,27-28,32,36,44,63H,8-12,16-17,22,24-26H2,1-7H3,(H,50,68)(H,51,64)(H,52,67)(H,57,65)(H2,55,56,58,66)/t32-,36+,44-/m1/s1. The second kappa shape index (κ2) is 24.5. The third-order valence-corrected chi connectivity index (χ3v) is 12.8. The normalized spacial score (nSPS) is 14.8. The number of β-amino-alcohol motifs (C(OH)–C–C–N with tert-alkyl or cyclic N) is 1. The monoisotopic (exact) mass is 993 g/mol. The van der Waals surface area contributed by atoms with Crippen LogP contribution in [-0.4, -0.2) is 121 Å². The summed E-state index contributed by atoms with van der Waals surface area (Å²) >= 11 is 1.56. The molecule has 0 aliphatic carbocycles. The first kappa shape index (κ1) is 53.0. The molecule has 4 heterocycles. The maximum absolute atomic E-state index is 14.0. The number of ether oxygens (including phenoxy) is 1. The van der Waals surface area contributed by atoms with Gasteiger partial charge < -0.3 is 46.6 Å². The van der Waals surface area contributed by atoms with Crippen LogP contribution in [0.3, 0.4) is 0 Å². The van der Waals surface area contributed by atoms with Gasteiger partial charge in [0, 0.05) is 52.5 Å². The molecular formula is C49H63N13O8S. The lowest BCUT2D eigenvalue weighted by atomic mass is 9.85. The lowest BCUT2D eigenvalue weighted by Crippen LogP contribution is -2.57. The van der Waals surface area contributed by atoms with Gasteiger partial charge in [-0.2, -0.15) is 5.10 Å². The number of aromatic nitrogens is 6. The SMILES string of the molecule is CNC(=O)c1nnc(NC(=O)CNC(=O)CCCCCCCC(=O)N[C@H](C(=O)N2C[C@H](O)C[C@H]2C(=O)NCc2ccc(-c3scnc3C)cc2)C(C)(C)C)cc1Nc1cccc(-c2ncn(C)n2)c1OC. The number of hydrogen-bond acceptors (Lipinski definition) is 15. The van der Waals surface area contributed by atoms with Crippen LogP contribution >= 0.6 is 11.3 Å². The van der Waals surface area contributed by atoms with Crippen molar-refractivity contribution in [1.29, 1.82) is 0 Å². The molecule has 7 N–H and O–H groups in total. The van der Waals surface area contributed by atoms with Gasteiger partial charge in [-0.15, -0.1) is 21.5 Å². The Hall–Kier alpha value is -7.33. The van der Waals surface area contributed by atoms with E-state index in [2.05, 4.69) is 57.2 Å². The van der Waals surface area contributed by atoms with Crippen LogP contribution in [0.4, 0.5) is 17.2 Å². The number of unbranched alkanes of at least 4 members (excludes halogenated alkanes) is 4. The Kier molecular flexibility index (Phi) is 18.3. The van der Waals surface area contributed by atoms with E-state index in [1.54, 1.807) is 53.1 Å². The summed E-state index contributed by atoms with van der Waals surface area (Å²) in [5, 5.41) is 39.7. The number of aliphatic hydroxyl groups excluding tert-OH is 1. The first-order valence-electron chi connectivity index (χ1n) is 23.5. The molecule has 21 nitrogen and oxygen atoms in total. The molecule has 6 rings (SSSR count). The van der Waals surface area contributed by atoms with Crippen molar-refractivity contribution < 1.29 is 38.6 Å². The van der Waals surface area contributed by atoms with Gasteiger partial charge in [-0.3, -0.25) is 33.4 Å². The molecule has 3 aromatic heterocycles. The summed E-state index contributed by atoms with van der Waals surface area (Å²) in [5.41, 5.74) is 5.26. The second-order valence-electron chi connectivity index (χ2n) is 18.4. The van der Waals surface area contributed by atoms with Gasteiger partial charge in [0.1, 0.15) is 18.4 Å². The molecular weight excluding hydrogens is 931 g/mol. The number of hydrogen-bond donors (Lipinski definition) is 7. The first-order valence-corrected chi connectivity index (χ1v) is 24.3. The minimum atomic E-state index is -0.925. The van der Waals surface area contributed by atoms with Gasteiger partial charge in [0.25, 0.3) is 5.91 Å². The molecule has 71 heavy (non-hydrogen) atoms. The average molecular weight is 994 g/mol. The van der Waals surface area contributed by atoms with Gasteiger partial charge in [0.05, 0.1) is 52.8 Å². The fraction of sp³-hybridized carbons (Fsp3) is 0.449.